The number of carboxylic acids is 1. The first-order valence-electron chi connectivity index (χ1n) is 4.32. The fourth-order valence-corrected chi connectivity index (χ4v) is 1.36. The molecule has 0 amide bonds. The van der Waals surface area contributed by atoms with Gasteiger partial charge in [-0.25, -0.2) is 9.18 Å². The van der Waals surface area contributed by atoms with Crippen molar-refractivity contribution in [3.8, 4) is 11.1 Å². The Morgan fingerprint density at radius 3 is 2.62 bits per heavy atom. The van der Waals surface area contributed by atoms with Crippen LogP contribution in [0.3, 0.4) is 0 Å². The first-order valence-corrected chi connectivity index (χ1v) is 4.32. The maximum Gasteiger partial charge on any atom is 0.338 e. The topological polar surface area (TPSA) is 66.0 Å². The molecule has 0 fully saturated rings. The van der Waals surface area contributed by atoms with Crippen LogP contribution < -0.4 is 0 Å². The zero-order valence-corrected chi connectivity index (χ0v) is 7.87. The Bertz CT molecular complexity index is 552. The maximum absolute atomic E-state index is 13.7. The van der Waals surface area contributed by atoms with Crippen molar-refractivity contribution < 1.29 is 18.7 Å². The lowest BCUT2D eigenvalue weighted by Gasteiger charge is -2.03. The van der Waals surface area contributed by atoms with Gasteiger partial charge >= 0.3 is 5.97 Å². The van der Waals surface area contributed by atoms with Gasteiger partial charge in [-0.05, 0) is 6.07 Å². The molecule has 1 aromatic carbocycles. The summed E-state index contributed by atoms with van der Waals surface area (Å²) in [6.07, 6.45) is 1.10. The molecule has 2 aromatic rings. The molecular formula is C10H6F2N2O2. The highest BCUT2D eigenvalue weighted by Gasteiger charge is 2.17. The molecule has 0 atom stereocenters. The van der Waals surface area contributed by atoms with Gasteiger partial charge in [0.25, 0.3) is 0 Å². The lowest BCUT2D eigenvalue weighted by atomic mass is 10.0. The molecular weight excluding hydrogens is 218 g/mol. The summed E-state index contributed by atoms with van der Waals surface area (Å²) >= 11 is 0. The van der Waals surface area contributed by atoms with Crippen molar-refractivity contribution >= 4 is 5.97 Å². The number of halogens is 2. The number of aromatic amines is 1. The number of benzene rings is 1. The smallest absolute Gasteiger partial charge is 0.338 e. The number of aromatic nitrogens is 2. The second-order valence-corrected chi connectivity index (χ2v) is 3.07. The molecule has 0 saturated carbocycles. The van der Waals surface area contributed by atoms with E-state index < -0.39 is 23.3 Å². The molecule has 0 aliphatic heterocycles. The van der Waals surface area contributed by atoms with Gasteiger partial charge < -0.3 is 5.11 Å². The van der Waals surface area contributed by atoms with Gasteiger partial charge in [-0.15, -0.1) is 0 Å². The SMILES string of the molecule is O=C(O)c1cccc(-c2cn[nH]c2F)c1F. The van der Waals surface area contributed by atoms with Crippen LogP contribution in [0.25, 0.3) is 11.1 Å². The molecule has 2 N–H and O–H groups in total. The predicted octanol–water partition coefficient (Wildman–Crippen LogP) is 2.05. The number of rotatable bonds is 2. The van der Waals surface area contributed by atoms with Crippen molar-refractivity contribution in [1.29, 1.82) is 0 Å². The Hall–Kier alpha value is -2.24. The van der Waals surface area contributed by atoms with Crippen LogP contribution >= 0.6 is 0 Å². The van der Waals surface area contributed by atoms with Gasteiger partial charge in [0.1, 0.15) is 5.82 Å². The van der Waals surface area contributed by atoms with E-state index in [0.29, 0.717) is 0 Å². The Morgan fingerprint density at radius 2 is 2.06 bits per heavy atom. The van der Waals surface area contributed by atoms with Crippen LogP contribution in [0, 0.1) is 11.8 Å². The standard InChI is InChI=1S/C10H6F2N2O2/c11-8-5(7-4-13-14-9(7)12)2-1-3-6(8)10(15)16/h1-4H,(H,13,14)(H,15,16). The van der Waals surface area contributed by atoms with Crippen LogP contribution in [0.2, 0.25) is 0 Å². The molecule has 0 aliphatic carbocycles. The van der Waals surface area contributed by atoms with Crippen LogP contribution in [0.1, 0.15) is 10.4 Å². The lowest BCUT2D eigenvalue weighted by molar-refractivity contribution is 0.0692. The molecule has 0 unspecified atom stereocenters. The molecule has 0 saturated heterocycles. The van der Waals surface area contributed by atoms with E-state index in [9.17, 15) is 13.6 Å². The summed E-state index contributed by atoms with van der Waals surface area (Å²) in [7, 11) is 0. The van der Waals surface area contributed by atoms with E-state index in [1.165, 1.54) is 12.1 Å². The van der Waals surface area contributed by atoms with Crippen molar-refractivity contribution in [1.82, 2.24) is 10.2 Å². The zero-order chi connectivity index (χ0) is 11.7. The highest BCUT2D eigenvalue weighted by molar-refractivity contribution is 5.89. The average Bonchev–Trinajstić information content (AvgIpc) is 2.64. The van der Waals surface area contributed by atoms with Crippen LogP contribution in [-0.2, 0) is 0 Å². The summed E-state index contributed by atoms with van der Waals surface area (Å²) in [6.45, 7) is 0. The summed E-state index contributed by atoms with van der Waals surface area (Å²) in [5, 5.41) is 14.1. The van der Waals surface area contributed by atoms with E-state index in [0.717, 1.165) is 12.3 Å². The zero-order valence-electron chi connectivity index (χ0n) is 7.87. The quantitative estimate of drug-likeness (QED) is 0.820. The number of carbonyl (C=O) groups is 1. The number of H-pyrrole nitrogens is 1. The van der Waals surface area contributed by atoms with E-state index in [4.69, 9.17) is 5.11 Å². The Morgan fingerprint density at radius 1 is 1.31 bits per heavy atom. The van der Waals surface area contributed by atoms with Gasteiger partial charge in [0.2, 0.25) is 5.95 Å². The summed E-state index contributed by atoms with van der Waals surface area (Å²) in [6, 6.07) is 3.74. The van der Waals surface area contributed by atoms with E-state index >= 15 is 0 Å². The van der Waals surface area contributed by atoms with Gasteiger partial charge in [0, 0.05) is 5.56 Å². The predicted molar refractivity (Wildman–Crippen MR) is 50.9 cm³/mol. The average molecular weight is 224 g/mol. The van der Waals surface area contributed by atoms with E-state index in [1.54, 1.807) is 0 Å². The maximum atomic E-state index is 13.7. The van der Waals surface area contributed by atoms with Gasteiger partial charge in [-0.1, -0.05) is 12.1 Å². The van der Waals surface area contributed by atoms with Crippen LogP contribution in [0.4, 0.5) is 8.78 Å². The number of hydrogen-bond acceptors (Lipinski definition) is 2. The molecule has 6 heteroatoms. The fraction of sp³-hybridized carbons (Fsp3) is 0. The molecule has 82 valence electrons. The van der Waals surface area contributed by atoms with Crippen LogP contribution in [0.5, 0.6) is 0 Å². The lowest BCUT2D eigenvalue weighted by Crippen LogP contribution is -2.01. The first-order chi connectivity index (χ1) is 7.61. The second-order valence-electron chi connectivity index (χ2n) is 3.07. The van der Waals surface area contributed by atoms with Gasteiger partial charge in [-0.2, -0.15) is 9.49 Å². The minimum Gasteiger partial charge on any atom is -0.478 e. The highest BCUT2D eigenvalue weighted by Crippen LogP contribution is 2.26. The van der Waals surface area contributed by atoms with Crippen LogP contribution in [0.15, 0.2) is 24.4 Å². The molecule has 2 rings (SSSR count). The Balaban J connectivity index is 2.63. The Labute approximate surface area is 88.5 Å². The largest absolute Gasteiger partial charge is 0.478 e. The third-order valence-corrected chi connectivity index (χ3v) is 2.11. The monoisotopic (exact) mass is 224 g/mol. The molecule has 4 nitrogen and oxygen atoms in total. The number of carboxylic acid groups (broad SMARTS) is 1. The summed E-state index contributed by atoms with van der Waals surface area (Å²) < 4.78 is 26.8. The Kier molecular flexibility index (Phi) is 2.40. The highest BCUT2D eigenvalue weighted by atomic mass is 19.1. The minimum absolute atomic E-state index is 0.0967. The molecule has 0 aliphatic rings. The normalized spacial score (nSPS) is 10.4. The van der Waals surface area contributed by atoms with E-state index in [-0.39, 0.29) is 11.1 Å². The second kappa shape index (κ2) is 3.73. The van der Waals surface area contributed by atoms with Gasteiger partial charge in [0.05, 0.1) is 17.3 Å². The molecule has 0 bridgehead atoms. The van der Waals surface area contributed by atoms with Gasteiger partial charge in [-0.3, -0.25) is 5.10 Å². The third-order valence-electron chi connectivity index (χ3n) is 2.11. The number of hydrogen-bond donors (Lipinski definition) is 2. The number of nitrogens with zero attached hydrogens (tertiary/aromatic N) is 1. The van der Waals surface area contributed by atoms with Crippen molar-refractivity contribution in [2.45, 2.75) is 0 Å². The molecule has 0 radical (unpaired) electrons. The van der Waals surface area contributed by atoms with Crippen molar-refractivity contribution in [2.75, 3.05) is 0 Å². The summed E-state index contributed by atoms with van der Waals surface area (Å²) in [4.78, 5) is 10.7. The summed E-state index contributed by atoms with van der Waals surface area (Å²) in [5.74, 6) is -3.18. The number of aromatic carboxylic acids is 1. The molecule has 0 spiro atoms. The van der Waals surface area contributed by atoms with E-state index in [2.05, 4.69) is 5.10 Å². The van der Waals surface area contributed by atoms with Crippen molar-refractivity contribution in [3.05, 3.63) is 41.7 Å². The van der Waals surface area contributed by atoms with E-state index in [1.807, 2.05) is 5.10 Å². The molecule has 1 aromatic heterocycles. The fourth-order valence-electron chi connectivity index (χ4n) is 1.36. The molecule has 16 heavy (non-hydrogen) atoms. The van der Waals surface area contributed by atoms with Crippen molar-refractivity contribution in [3.63, 3.8) is 0 Å². The minimum atomic E-state index is -1.40. The third kappa shape index (κ3) is 1.54. The first kappa shape index (κ1) is 10.3. The van der Waals surface area contributed by atoms with Crippen molar-refractivity contribution in [2.24, 2.45) is 0 Å². The number of nitrogens with one attached hydrogen (secondary N) is 1. The summed E-state index contributed by atoms with van der Waals surface area (Å²) in [5.41, 5.74) is -0.732. The molecule has 1 heterocycles. The van der Waals surface area contributed by atoms with Gasteiger partial charge in [0.15, 0.2) is 0 Å². The van der Waals surface area contributed by atoms with Crippen LogP contribution in [-0.4, -0.2) is 21.3 Å².